The zero-order valence-corrected chi connectivity index (χ0v) is 11.5. The van der Waals surface area contributed by atoms with E-state index in [2.05, 4.69) is 0 Å². The second kappa shape index (κ2) is 7.59. The molecule has 0 aliphatic carbocycles. The summed E-state index contributed by atoms with van der Waals surface area (Å²) in [7, 11) is 0. The number of rotatable bonds is 7. The normalized spacial score (nSPS) is 10.4. The van der Waals surface area contributed by atoms with Crippen LogP contribution in [0.3, 0.4) is 0 Å². The topological polar surface area (TPSA) is 44.5 Å². The van der Waals surface area contributed by atoms with E-state index in [1.54, 1.807) is 0 Å². The zero-order valence-electron chi connectivity index (χ0n) is 11.5. The van der Waals surface area contributed by atoms with E-state index in [0.29, 0.717) is 26.2 Å². The number of benzene rings is 2. The van der Waals surface area contributed by atoms with Crippen LogP contribution in [0.25, 0.3) is 0 Å². The maximum absolute atomic E-state index is 13.3. The molecule has 0 unspecified atom stereocenters. The maximum atomic E-state index is 13.3. The van der Waals surface area contributed by atoms with Crippen molar-refractivity contribution in [2.75, 3.05) is 13.2 Å². The van der Waals surface area contributed by atoms with Crippen molar-refractivity contribution in [1.29, 1.82) is 0 Å². The average Bonchev–Trinajstić information content (AvgIpc) is 2.49. The molecule has 0 saturated carbocycles. The molecule has 0 saturated heterocycles. The highest BCUT2D eigenvalue weighted by Crippen LogP contribution is 2.18. The highest BCUT2D eigenvalue weighted by molar-refractivity contribution is 5.27. The molecule has 0 aromatic heterocycles. The highest BCUT2D eigenvalue weighted by atomic mass is 19.1. The molecular formula is C16H17F2NO2. The quantitative estimate of drug-likeness (QED) is 0.797. The van der Waals surface area contributed by atoms with E-state index in [1.165, 1.54) is 6.07 Å². The third-order valence-electron chi connectivity index (χ3n) is 2.87. The van der Waals surface area contributed by atoms with E-state index in [4.69, 9.17) is 15.2 Å². The first-order valence-electron chi connectivity index (χ1n) is 6.68. The van der Waals surface area contributed by atoms with Gasteiger partial charge in [0.2, 0.25) is 0 Å². The Bertz CT molecular complexity index is 573. The van der Waals surface area contributed by atoms with Gasteiger partial charge in [0.15, 0.2) is 11.6 Å². The van der Waals surface area contributed by atoms with Gasteiger partial charge < -0.3 is 15.2 Å². The maximum Gasteiger partial charge on any atom is 0.167 e. The summed E-state index contributed by atoms with van der Waals surface area (Å²) in [6, 6.07) is 10.7. The summed E-state index contributed by atoms with van der Waals surface area (Å²) in [5.41, 5.74) is 6.54. The molecule has 0 bridgehead atoms. The van der Waals surface area contributed by atoms with Gasteiger partial charge in [0, 0.05) is 19.0 Å². The lowest BCUT2D eigenvalue weighted by Gasteiger charge is -2.09. The Hall–Kier alpha value is -2.14. The zero-order chi connectivity index (χ0) is 15.1. The van der Waals surface area contributed by atoms with Crippen molar-refractivity contribution in [3.05, 3.63) is 59.7 Å². The summed E-state index contributed by atoms with van der Waals surface area (Å²) < 4.78 is 36.7. The predicted octanol–water partition coefficient (Wildman–Crippen LogP) is 3.27. The number of hydrogen-bond donors (Lipinski definition) is 1. The fourth-order valence-corrected chi connectivity index (χ4v) is 1.75. The molecule has 2 rings (SSSR count). The number of ether oxygens (including phenoxy) is 2. The summed E-state index contributed by atoms with van der Waals surface area (Å²) in [5, 5.41) is 0. The lowest BCUT2D eigenvalue weighted by Crippen LogP contribution is -2.06. The first-order chi connectivity index (χ1) is 10.2. The standard InChI is InChI=1S/C16H17F2NO2/c17-13-4-7-16(15(18)10-13)21-9-1-8-20-14-5-2-12(11-19)3-6-14/h2-7,10H,1,8-9,11,19H2. The molecule has 5 heteroatoms. The van der Waals surface area contributed by atoms with Crippen molar-refractivity contribution in [2.24, 2.45) is 5.73 Å². The van der Waals surface area contributed by atoms with E-state index in [9.17, 15) is 8.78 Å². The molecule has 0 aliphatic rings. The second-order valence-corrected chi connectivity index (χ2v) is 4.47. The lowest BCUT2D eigenvalue weighted by molar-refractivity contribution is 0.241. The summed E-state index contributed by atoms with van der Waals surface area (Å²) >= 11 is 0. The van der Waals surface area contributed by atoms with E-state index >= 15 is 0 Å². The van der Waals surface area contributed by atoms with E-state index < -0.39 is 11.6 Å². The first-order valence-corrected chi connectivity index (χ1v) is 6.68. The molecule has 0 aliphatic heterocycles. The fourth-order valence-electron chi connectivity index (χ4n) is 1.75. The largest absolute Gasteiger partial charge is 0.493 e. The smallest absolute Gasteiger partial charge is 0.167 e. The Labute approximate surface area is 122 Å². The average molecular weight is 293 g/mol. The van der Waals surface area contributed by atoms with Gasteiger partial charge in [-0.05, 0) is 29.8 Å². The minimum atomic E-state index is -0.701. The van der Waals surface area contributed by atoms with Crippen LogP contribution in [0.1, 0.15) is 12.0 Å². The lowest BCUT2D eigenvalue weighted by atomic mass is 10.2. The molecule has 21 heavy (non-hydrogen) atoms. The molecule has 0 fully saturated rings. The molecule has 0 atom stereocenters. The van der Waals surface area contributed by atoms with Crippen molar-refractivity contribution in [2.45, 2.75) is 13.0 Å². The minimum Gasteiger partial charge on any atom is -0.493 e. The van der Waals surface area contributed by atoms with Gasteiger partial charge in [0.1, 0.15) is 11.6 Å². The van der Waals surface area contributed by atoms with Gasteiger partial charge in [0.25, 0.3) is 0 Å². The van der Waals surface area contributed by atoms with Crippen molar-refractivity contribution >= 4 is 0 Å². The van der Waals surface area contributed by atoms with Crippen LogP contribution in [-0.2, 0) is 6.54 Å². The van der Waals surface area contributed by atoms with Crippen molar-refractivity contribution in [3.8, 4) is 11.5 Å². The molecule has 2 N–H and O–H groups in total. The third kappa shape index (κ3) is 4.72. The molecule has 3 nitrogen and oxygen atoms in total. The van der Waals surface area contributed by atoms with Crippen LogP contribution in [0, 0.1) is 11.6 Å². The Balaban J connectivity index is 1.69. The van der Waals surface area contributed by atoms with Crippen LogP contribution < -0.4 is 15.2 Å². The first kappa shape index (κ1) is 15.3. The van der Waals surface area contributed by atoms with Gasteiger partial charge in [-0.25, -0.2) is 8.78 Å². The van der Waals surface area contributed by atoms with Crippen LogP contribution >= 0.6 is 0 Å². The van der Waals surface area contributed by atoms with Crippen molar-refractivity contribution in [1.82, 2.24) is 0 Å². The van der Waals surface area contributed by atoms with Crippen LogP contribution in [0.5, 0.6) is 11.5 Å². The molecule has 0 amide bonds. The summed E-state index contributed by atoms with van der Waals surface area (Å²) in [6.45, 7) is 1.24. The Morgan fingerprint density at radius 1 is 0.905 bits per heavy atom. The van der Waals surface area contributed by atoms with Crippen LogP contribution in [-0.4, -0.2) is 13.2 Å². The highest BCUT2D eigenvalue weighted by Gasteiger charge is 2.04. The molecular weight excluding hydrogens is 276 g/mol. The Kier molecular flexibility index (Phi) is 5.51. The second-order valence-electron chi connectivity index (χ2n) is 4.47. The molecule has 2 aromatic rings. The molecule has 0 heterocycles. The number of halogens is 2. The van der Waals surface area contributed by atoms with Gasteiger partial charge in [-0.2, -0.15) is 0 Å². The van der Waals surface area contributed by atoms with Gasteiger partial charge >= 0.3 is 0 Å². The number of nitrogens with two attached hydrogens (primary N) is 1. The van der Waals surface area contributed by atoms with Crippen LogP contribution in [0.15, 0.2) is 42.5 Å². The minimum absolute atomic E-state index is 0.0451. The van der Waals surface area contributed by atoms with Crippen molar-refractivity contribution < 1.29 is 18.3 Å². The van der Waals surface area contributed by atoms with Crippen LogP contribution in [0.4, 0.5) is 8.78 Å². The molecule has 0 spiro atoms. The third-order valence-corrected chi connectivity index (χ3v) is 2.87. The summed E-state index contributed by atoms with van der Waals surface area (Å²) in [4.78, 5) is 0. The SMILES string of the molecule is NCc1ccc(OCCCOc2ccc(F)cc2F)cc1. The molecule has 0 radical (unpaired) electrons. The number of hydrogen-bond acceptors (Lipinski definition) is 3. The van der Waals surface area contributed by atoms with Crippen molar-refractivity contribution in [3.63, 3.8) is 0 Å². The summed E-state index contributed by atoms with van der Waals surface area (Å²) in [6.07, 6.45) is 0.593. The van der Waals surface area contributed by atoms with E-state index in [0.717, 1.165) is 23.4 Å². The Morgan fingerprint density at radius 3 is 2.29 bits per heavy atom. The van der Waals surface area contributed by atoms with Gasteiger partial charge in [-0.1, -0.05) is 12.1 Å². The predicted molar refractivity (Wildman–Crippen MR) is 76.3 cm³/mol. The molecule has 2 aromatic carbocycles. The van der Waals surface area contributed by atoms with Gasteiger partial charge in [-0.15, -0.1) is 0 Å². The van der Waals surface area contributed by atoms with Crippen LogP contribution in [0.2, 0.25) is 0 Å². The van der Waals surface area contributed by atoms with Gasteiger partial charge in [-0.3, -0.25) is 0 Å². The van der Waals surface area contributed by atoms with E-state index in [-0.39, 0.29) is 5.75 Å². The summed E-state index contributed by atoms with van der Waals surface area (Å²) in [5.74, 6) is -0.527. The Morgan fingerprint density at radius 2 is 1.62 bits per heavy atom. The van der Waals surface area contributed by atoms with Gasteiger partial charge in [0.05, 0.1) is 13.2 Å². The fraction of sp³-hybridized carbons (Fsp3) is 0.250. The molecule has 112 valence electrons. The monoisotopic (exact) mass is 293 g/mol. The van der Waals surface area contributed by atoms with E-state index in [1.807, 2.05) is 24.3 Å².